The molecule has 2 rings (SSSR count). The van der Waals surface area contributed by atoms with Crippen molar-refractivity contribution in [3.05, 3.63) is 0 Å². The van der Waals surface area contributed by atoms with Crippen molar-refractivity contribution >= 4 is 6.03 Å². The third kappa shape index (κ3) is 3.20. The Balaban J connectivity index is 1.85. The van der Waals surface area contributed by atoms with Gasteiger partial charge in [0.05, 0.1) is 0 Å². The van der Waals surface area contributed by atoms with E-state index in [0.29, 0.717) is 18.0 Å². The molecule has 2 amide bonds. The maximum atomic E-state index is 11.9. The molecule has 2 heterocycles. The lowest BCUT2D eigenvalue weighted by molar-refractivity contribution is 0.102. The van der Waals surface area contributed by atoms with Crippen molar-refractivity contribution in [1.82, 2.24) is 14.7 Å². The van der Waals surface area contributed by atoms with Crippen LogP contribution in [0.1, 0.15) is 26.2 Å². The lowest BCUT2D eigenvalue weighted by atomic mass is 10.0. The zero-order valence-corrected chi connectivity index (χ0v) is 12.5. The molecule has 2 atom stereocenters. The Morgan fingerprint density at radius 2 is 1.95 bits per heavy atom. The molecule has 0 bridgehead atoms. The lowest BCUT2D eigenvalue weighted by Gasteiger charge is -2.39. The summed E-state index contributed by atoms with van der Waals surface area (Å²) >= 11 is 0. The molecule has 2 N–H and O–H groups in total. The summed E-state index contributed by atoms with van der Waals surface area (Å²) in [6, 6.07) is 1.43. The lowest BCUT2D eigenvalue weighted by Crippen LogP contribution is -2.50. The van der Waals surface area contributed by atoms with Crippen LogP contribution in [0.2, 0.25) is 0 Å². The minimum absolute atomic E-state index is 0.146. The molecule has 2 unspecified atom stereocenters. The van der Waals surface area contributed by atoms with Gasteiger partial charge in [0, 0.05) is 45.8 Å². The second kappa shape index (κ2) is 6.09. The molecule has 0 aromatic heterocycles. The normalized spacial score (nSPS) is 29.8. The van der Waals surface area contributed by atoms with E-state index in [-0.39, 0.29) is 6.03 Å². The van der Waals surface area contributed by atoms with Gasteiger partial charge in [0.1, 0.15) is 0 Å². The van der Waals surface area contributed by atoms with Crippen molar-refractivity contribution in [3.8, 4) is 0 Å². The van der Waals surface area contributed by atoms with Gasteiger partial charge < -0.3 is 15.5 Å². The standard InChI is InChI=1S/C14H28N4O/c1-11-8-12(9-15)10-18(11)13-4-6-17(7-5-13)14(19)16(2)3/h11-13H,4-10,15H2,1-3H3. The summed E-state index contributed by atoms with van der Waals surface area (Å²) in [7, 11) is 3.64. The van der Waals surface area contributed by atoms with E-state index in [1.807, 2.05) is 19.0 Å². The van der Waals surface area contributed by atoms with Crippen LogP contribution in [0, 0.1) is 5.92 Å². The molecule has 110 valence electrons. The summed E-state index contributed by atoms with van der Waals surface area (Å²) in [6.45, 7) is 6.03. The number of nitrogens with zero attached hydrogens (tertiary/aromatic N) is 3. The molecule has 5 nitrogen and oxygen atoms in total. The average Bonchev–Trinajstić information content (AvgIpc) is 2.79. The highest BCUT2D eigenvalue weighted by Gasteiger charge is 2.35. The van der Waals surface area contributed by atoms with E-state index in [1.165, 1.54) is 6.42 Å². The van der Waals surface area contributed by atoms with Crippen molar-refractivity contribution in [3.63, 3.8) is 0 Å². The van der Waals surface area contributed by atoms with Gasteiger partial charge in [-0.15, -0.1) is 0 Å². The Kier molecular flexibility index (Phi) is 4.68. The Hall–Kier alpha value is -0.810. The molecule has 0 aliphatic carbocycles. The second-order valence-corrected chi connectivity index (χ2v) is 6.28. The van der Waals surface area contributed by atoms with Crippen molar-refractivity contribution < 1.29 is 4.79 Å². The Morgan fingerprint density at radius 3 is 2.42 bits per heavy atom. The molecule has 19 heavy (non-hydrogen) atoms. The van der Waals surface area contributed by atoms with Crippen molar-refractivity contribution in [2.75, 3.05) is 40.3 Å². The fourth-order valence-electron chi connectivity index (χ4n) is 3.52. The highest BCUT2D eigenvalue weighted by Crippen LogP contribution is 2.28. The van der Waals surface area contributed by atoms with Gasteiger partial charge in [-0.2, -0.15) is 0 Å². The summed E-state index contributed by atoms with van der Waals surface area (Å²) in [5, 5.41) is 0. The largest absolute Gasteiger partial charge is 0.331 e. The monoisotopic (exact) mass is 268 g/mol. The summed E-state index contributed by atoms with van der Waals surface area (Å²) in [5.74, 6) is 0.663. The summed E-state index contributed by atoms with van der Waals surface area (Å²) < 4.78 is 0. The summed E-state index contributed by atoms with van der Waals surface area (Å²) in [5.41, 5.74) is 5.80. The number of hydrogen-bond donors (Lipinski definition) is 1. The predicted octanol–water partition coefficient (Wildman–Crippen LogP) is 0.802. The van der Waals surface area contributed by atoms with E-state index in [9.17, 15) is 4.79 Å². The van der Waals surface area contributed by atoms with Crippen molar-refractivity contribution in [2.24, 2.45) is 11.7 Å². The average molecular weight is 268 g/mol. The third-order valence-corrected chi connectivity index (χ3v) is 4.63. The summed E-state index contributed by atoms with van der Waals surface area (Å²) in [6.07, 6.45) is 3.43. The second-order valence-electron chi connectivity index (χ2n) is 6.28. The van der Waals surface area contributed by atoms with Gasteiger partial charge in [0.2, 0.25) is 0 Å². The van der Waals surface area contributed by atoms with Gasteiger partial charge in [0.25, 0.3) is 0 Å². The quantitative estimate of drug-likeness (QED) is 0.806. The number of rotatable bonds is 2. The number of nitrogens with two attached hydrogens (primary N) is 1. The molecule has 2 aliphatic heterocycles. The van der Waals surface area contributed by atoms with Gasteiger partial charge in [-0.25, -0.2) is 4.79 Å². The topological polar surface area (TPSA) is 52.8 Å². The van der Waals surface area contributed by atoms with Crippen molar-refractivity contribution in [1.29, 1.82) is 0 Å². The van der Waals surface area contributed by atoms with Crippen LogP contribution >= 0.6 is 0 Å². The van der Waals surface area contributed by atoms with Crippen LogP contribution < -0.4 is 5.73 Å². The zero-order chi connectivity index (χ0) is 14.0. The number of piperidine rings is 1. The minimum atomic E-state index is 0.146. The third-order valence-electron chi connectivity index (χ3n) is 4.63. The fraction of sp³-hybridized carbons (Fsp3) is 0.929. The van der Waals surface area contributed by atoms with E-state index in [1.54, 1.807) is 4.90 Å². The number of urea groups is 1. The van der Waals surface area contributed by atoms with Crippen LogP contribution in [0.15, 0.2) is 0 Å². The maximum Gasteiger partial charge on any atom is 0.319 e. The Morgan fingerprint density at radius 1 is 1.32 bits per heavy atom. The number of hydrogen-bond acceptors (Lipinski definition) is 3. The number of carbonyl (C=O) groups excluding carboxylic acids is 1. The molecule has 2 aliphatic rings. The minimum Gasteiger partial charge on any atom is -0.331 e. The van der Waals surface area contributed by atoms with Gasteiger partial charge in [-0.3, -0.25) is 4.90 Å². The first-order chi connectivity index (χ1) is 9.02. The molecule has 2 saturated heterocycles. The molecule has 0 saturated carbocycles. The van der Waals surface area contributed by atoms with Crippen LogP contribution in [0.25, 0.3) is 0 Å². The summed E-state index contributed by atoms with van der Waals surface area (Å²) in [4.78, 5) is 18.2. The van der Waals surface area contributed by atoms with E-state index >= 15 is 0 Å². The number of amides is 2. The Bertz CT molecular complexity index is 313. The molecular weight excluding hydrogens is 240 g/mol. The SMILES string of the molecule is CC1CC(CN)CN1C1CCN(C(=O)N(C)C)CC1. The van der Waals surface area contributed by atoms with Crippen LogP contribution in [0.3, 0.4) is 0 Å². The van der Waals surface area contributed by atoms with Gasteiger partial charge in [-0.05, 0) is 38.6 Å². The highest BCUT2D eigenvalue weighted by molar-refractivity contribution is 5.73. The molecule has 5 heteroatoms. The molecule has 0 aromatic rings. The van der Waals surface area contributed by atoms with Crippen molar-refractivity contribution in [2.45, 2.75) is 38.3 Å². The van der Waals surface area contributed by atoms with E-state index < -0.39 is 0 Å². The molecule has 0 spiro atoms. The first kappa shape index (κ1) is 14.6. The Labute approximate surface area is 116 Å². The maximum absolute atomic E-state index is 11.9. The van der Waals surface area contributed by atoms with Crippen LogP contribution in [0.5, 0.6) is 0 Å². The zero-order valence-electron chi connectivity index (χ0n) is 12.5. The molecule has 0 aromatic carbocycles. The van der Waals surface area contributed by atoms with E-state index in [0.717, 1.165) is 39.0 Å². The smallest absolute Gasteiger partial charge is 0.319 e. The number of carbonyl (C=O) groups is 1. The van der Waals surface area contributed by atoms with E-state index in [2.05, 4.69) is 11.8 Å². The van der Waals surface area contributed by atoms with Crippen LogP contribution in [-0.2, 0) is 0 Å². The first-order valence-electron chi connectivity index (χ1n) is 7.45. The van der Waals surface area contributed by atoms with E-state index in [4.69, 9.17) is 5.73 Å². The van der Waals surface area contributed by atoms with Gasteiger partial charge in [-0.1, -0.05) is 0 Å². The number of likely N-dealkylation sites (tertiary alicyclic amines) is 2. The predicted molar refractivity (Wildman–Crippen MR) is 77.0 cm³/mol. The highest BCUT2D eigenvalue weighted by atomic mass is 16.2. The van der Waals surface area contributed by atoms with Gasteiger partial charge >= 0.3 is 6.03 Å². The van der Waals surface area contributed by atoms with Gasteiger partial charge in [0.15, 0.2) is 0 Å². The fourth-order valence-corrected chi connectivity index (χ4v) is 3.52. The van der Waals surface area contributed by atoms with Crippen LogP contribution in [-0.4, -0.2) is 73.1 Å². The molecule has 2 fully saturated rings. The molecular formula is C14H28N4O. The first-order valence-corrected chi connectivity index (χ1v) is 7.45. The van der Waals surface area contributed by atoms with Crippen LogP contribution in [0.4, 0.5) is 4.79 Å². The molecule has 0 radical (unpaired) electrons.